The molecule has 7 rings (SSSR count). The van der Waals surface area contributed by atoms with Crippen LogP contribution in [0.3, 0.4) is 0 Å². The highest BCUT2D eigenvalue weighted by Gasteiger charge is 2.74. The van der Waals surface area contributed by atoms with Crippen molar-refractivity contribution in [3.8, 4) is 0 Å². The van der Waals surface area contributed by atoms with Gasteiger partial charge >= 0.3 is 0 Å². The zero-order chi connectivity index (χ0) is 41.3. The largest absolute Gasteiger partial charge is 0.394 e. The average Bonchev–Trinajstić information content (AvgIpc) is 3.71. The van der Waals surface area contributed by atoms with Gasteiger partial charge < -0.3 is 69.6 Å². The van der Waals surface area contributed by atoms with E-state index in [4.69, 9.17) is 23.7 Å². The molecule has 324 valence electrons. The van der Waals surface area contributed by atoms with Gasteiger partial charge in [0.2, 0.25) is 0 Å². The molecule has 0 bridgehead atoms. The Morgan fingerprint density at radius 1 is 0.732 bits per heavy atom. The van der Waals surface area contributed by atoms with Crippen LogP contribution in [0.25, 0.3) is 0 Å². The fraction of sp³-hybridized carbons (Fsp3) is 1.00. The van der Waals surface area contributed by atoms with Crippen LogP contribution in [0.5, 0.6) is 0 Å². The first-order valence-electron chi connectivity index (χ1n) is 21.2. The van der Waals surface area contributed by atoms with Crippen molar-refractivity contribution in [2.24, 2.45) is 45.3 Å². The molecule has 0 spiro atoms. The summed E-state index contributed by atoms with van der Waals surface area (Å²) in [7, 11) is 0. The van der Waals surface area contributed by atoms with E-state index in [9.17, 15) is 46.0 Å². The predicted molar refractivity (Wildman–Crippen MR) is 200 cm³/mol. The molecule has 0 aromatic heterocycles. The van der Waals surface area contributed by atoms with Gasteiger partial charge in [0.05, 0.1) is 48.3 Å². The lowest BCUT2D eigenvalue weighted by molar-refractivity contribution is -0.382. The molecule has 0 aromatic carbocycles. The second-order valence-electron chi connectivity index (χ2n) is 21.2. The first kappa shape index (κ1) is 43.5. The minimum Gasteiger partial charge on any atom is -0.394 e. The van der Waals surface area contributed by atoms with Crippen molar-refractivity contribution in [1.29, 1.82) is 0 Å². The molecule has 7 aliphatic rings. The Bertz CT molecular complexity index is 1430. The second kappa shape index (κ2) is 14.5. The number of fused-ring (bicyclic) bond motifs is 5. The Balaban J connectivity index is 1.26. The van der Waals surface area contributed by atoms with Crippen molar-refractivity contribution >= 4 is 0 Å². The van der Waals surface area contributed by atoms with E-state index in [1.165, 1.54) is 6.92 Å². The fourth-order valence-electron chi connectivity index (χ4n) is 14.1. The van der Waals surface area contributed by atoms with Gasteiger partial charge in [0.1, 0.15) is 42.7 Å². The van der Waals surface area contributed by atoms with Gasteiger partial charge in [0.25, 0.3) is 0 Å². The molecule has 14 nitrogen and oxygen atoms in total. The van der Waals surface area contributed by atoms with Crippen LogP contribution >= 0.6 is 0 Å². The molecule has 9 N–H and O–H groups in total. The second-order valence-corrected chi connectivity index (χ2v) is 21.2. The van der Waals surface area contributed by atoms with Crippen molar-refractivity contribution in [3.05, 3.63) is 0 Å². The van der Waals surface area contributed by atoms with Crippen LogP contribution in [0.2, 0.25) is 0 Å². The van der Waals surface area contributed by atoms with Crippen LogP contribution in [-0.2, 0) is 23.7 Å². The molecule has 0 amide bonds. The maximum Gasteiger partial charge on any atom is 0.187 e. The monoisotopic (exact) mass is 800 g/mol. The molecule has 56 heavy (non-hydrogen) atoms. The van der Waals surface area contributed by atoms with Gasteiger partial charge in [-0.25, -0.2) is 0 Å². The summed E-state index contributed by atoms with van der Waals surface area (Å²) in [5, 5.41) is 99.5. The Hall–Kier alpha value is -0.560. The lowest BCUT2D eigenvalue weighted by atomic mass is 9.34. The van der Waals surface area contributed by atoms with Crippen LogP contribution in [0.4, 0.5) is 0 Å². The van der Waals surface area contributed by atoms with E-state index >= 15 is 0 Å². The molecule has 0 aromatic rings. The standard InChI is InChI=1S/C42H72O14/c1-19-28(46)30(48)32(50)35(52-19)55-33-31(49)29(47)23(18-43)54-36(33)53-22-17-41(8)24(39(6)13-11-25(45)37(2,3)34(22)39)16-21(44)27-20(10-14-40(27,41)7)42(9)15-12-26(56-42)38(4,5)51/h19-36,43-51H,10-18H2,1-9H3/t19-,20?,21+,22-,23+,24+,25-,26+,27?,28-,29+,30+,31-,32+,33+,34-,35-,36+,39+,40+,41+,42-/m0/s1. The third-order valence-electron chi connectivity index (χ3n) is 17.3. The molecule has 7 fully saturated rings. The van der Waals surface area contributed by atoms with Gasteiger partial charge in [-0.1, -0.05) is 34.6 Å². The van der Waals surface area contributed by atoms with Gasteiger partial charge in [-0.2, -0.15) is 0 Å². The molecule has 22 atom stereocenters. The zero-order valence-corrected chi connectivity index (χ0v) is 34.8. The van der Waals surface area contributed by atoms with E-state index in [0.29, 0.717) is 25.7 Å². The van der Waals surface area contributed by atoms with Crippen molar-refractivity contribution in [3.63, 3.8) is 0 Å². The van der Waals surface area contributed by atoms with Gasteiger partial charge in [-0.3, -0.25) is 0 Å². The summed E-state index contributed by atoms with van der Waals surface area (Å²) in [5.41, 5.74) is -3.36. The quantitative estimate of drug-likeness (QED) is 0.166. The first-order valence-corrected chi connectivity index (χ1v) is 21.2. The fourth-order valence-corrected chi connectivity index (χ4v) is 14.1. The molecular formula is C42H72O14. The number of ether oxygens (including phenoxy) is 5. The van der Waals surface area contributed by atoms with Gasteiger partial charge in [0.15, 0.2) is 12.6 Å². The molecule has 3 aliphatic heterocycles. The van der Waals surface area contributed by atoms with Crippen LogP contribution < -0.4 is 0 Å². The topological polar surface area (TPSA) is 228 Å². The van der Waals surface area contributed by atoms with Gasteiger partial charge in [-0.05, 0) is 124 Å². The van der Waals surface area contributed by atoms with Crippen molar-refractivity contribution in [1.82, 2.24) is 0 Å². The van der Waals surface area contributed by atoms with Crippen LogP contribution in [0.15, 0.2) is 0 Å². The first-order chi connectivity index (χ1) is 25.9. The maximum absolute atomic E-state index is 12.4. The summed E-state index contributed by atoms with van der Waals surface area (Å²) in [6, 6.07) is 0. The highest BCUT2D eigenvalue weighted by Crippen LogP contribution is 2.76. The van der Waals surface area contributed by atoms with Crippen LogP contribution in [0, 0.1) is 45.3 Å². The summed E-state index contributed by atoms with van der Waals surface area (Å²) in [4.78, 5) is 0. The van der Waals surface area contributed by atoms with E-state index in [1.807, 2.05) is 0 Å². The SMILES string of the molecule is C[C@@H]1O[C@@H](O[C@H]2[C@H](O[C@H]3C[C@]4(C)[C@H](C[C@@H](O)C5C([C@]6(C)CC[C@H](C(C)(C)O)O6)CC[C@]54C)[C@@]4(C)CC[C@H](O)C(C)(C)[C@H]34)O[C@H](CO)[C@@H](O)[C@@H]2O)[C@H](O)[C@H](O)[C@H]1O. The number of aliphatic hydroxyl groups excluding tert-OH is 8. The number of hydrogen-bond acceptors (Lipinski definition) is 14. The predicted octanol–water partition coefficient (Wildman–Crippen LogP) is 1.36. The molecule has 14 heteroatoms. The summed E-state index contributed by atoms with van der Waals surface area (Å²) < 4.78 is 32.0. The smallest absolute Gasteiger partial charge is 0.187 e. The Kier molecular flexibility index (Phi) is 11.3. The summed E-state index contributed by atoms with van der Waals surface area (Å²) in [6.45, 7) is 17.6. The number of rotatable bonds is 7. The maximum atomic E-state index is 12.4. The molecule has 2 unspecified atom stereocenters. The number of aliphatic hydroxyl groups is 9. The average molecular weight is 801 g/mol. The van der Waals surface area contributed by atoms with E-state index in [-0.39, 0.29) is 35.2 Å². The summed E-state index contributed by atoms with van der Waals surface area (Å²) >= 11 is 0. The summed E-state index contributed by atoms with van der Waals surface area (Å²) in [6.07, 6.45) is -11.0. The molecule has 3 saturated heterocycles. The normalized spacial score (nSPS) is 57.3. The Morgan fingerprint density at radius 2 is 1.41 bits per heavy atom. The van der Waals surface area contributed by atoms with E-state index in [0.717, 1.165) is 25.7 Å². The highest BCUT2D eigenvalue weighted by atomic mass is 16.8. The molecule has 4 aliphatic carbocycles. The molecule has 0 radical (unpaired) electrons. The van der Waals surface area contributed by atoms with E-state index in [2.05, 4.69) is 41.5 Å². The van der Waals surface area contributed by atoms with Crippen molar-refractivity contribution < 1.29 is 69.6 Å². The Labute approximate surface area is 331 Å². The van der Waals surface area contributed by atoms with Gasteiger partial charge in [-0.15, -0.1) is 0 Å². The van der Waals surface area contributed by atoms with Crippen LogP contribution in [0.1, 0.15) is 114 Å². The minimum absolute atomic E-state index is 0.0557. The lowest BCUT2D eigenvalue weighted by Gasteiger charge is -2.72. The number of hydrogen-bond donors (Lipinski definition) is 9. The molecule has 3 heterocycles. The van der Waals surface area contributed by atoms with Gasteiger partial charge in [0, 0.05) is 0 Å². The van der Waals surface area contributed by atoms with Crippen LogP contribution in [-0.4, -0.2) is 150 Å². The molecule has 4 saturated carbocycles. The zero-order valence-electron chi connectivity index (χ0n) is 34.8. The molecular weight excluding hydrogens is 728 g/mol. The van der Waals surface area contributed by atoms with E-state index in [1.54, 1.807) is 13.8 Å². The third kappa shape index (κ3) is 6.49. The van der Waals surface area contributed by atoms with E-state index < -0.39 is 114 Å². The van der Waals surface area contributed by atoms with Crippen molar-refractivity contribution in [2.45, 2.75) is 211 Å². The minimum atomic E-state index is -1.70. The third-order valence-corrected chi connectivity index (χ3v) is 17.3. The summed E-state index contributed by atoms with van der Waals surface area (Å²) in [5.74, 6) is -0.246. The lowest BCUT2D eigenvalue weighted by Crippen LogP contribution is -2.71. The Morgan fingerprint density at radius 3 is 2.04 bits per heavy atom. The highest BCUT2D eigenvalue weighted by molar-refractivity contribution is 5.22. The van der Waals surface area contributed by atoms with Crippen molar-refractivity contribution in [2.75, 3.05) is 6.61 Å².